The highest BCUT2D eigenvalue weighted by atomic mass is 32.2. The van der Waals surface area contributed by atoms with Crippen molar-refractivity contribution in [3.05, 3.63) is 45.8 Å². The summed E-state index contributed by atoms with van der Waals surface area (Å²) in [6.45, 7) is 7.97. The first-order valence-corrected chi connectivity index (χ1v) is 14.4. The molecule has 37 heavy (non-hydrogen) atoms. The number of carbonyl (C=O) groups is 3. The number of thiophene rings is 1. The van der Waals surface area contributed by atoms with Crippen LogP contribution >= 0.6 is 11.3 Å². The Bertz CT molecular complexity index is 1250. The molecule has 202 valence electrons. The second-order valence-electron chi connectivity index (χ2n) is 9.13. The lowest BCUT2D eigenvalue weighted by Crippen LogP contribution is -2.36. The van der Waals surface area contributed by atoms with E-state index in [0.29, 0.717) is 30.6 Å². The summed E-state index contributed by atoms with van der Waals surface area (Å²) in [4.78, 5) is 41.1. The zero-order valence-electron chi connectivity index (χ0n) is 21.8. The number of unbranched alkanes of at least 4 members (excludes halogenated alkanes) is 1. The van der Waals surface area contributed by atoms with Crippen LogP contribution in [-0.4, -0.2) is 68.8 Å². The molecule has 0 saturated carbocycles. The van der Waals surface area contributed by atoms with Crippen LogP contribution in [0.3, 0.4) is 0 Å². The molecule has 0 atom stereocenters. The van der Waals surface area contributed by atoms with Crippen molar-refractivity contribution >= 4 is 44.3 Å². The maximum absolute atomic E-state index is 13.1. The Balaban J connectivity index is 1.86. The molecule has 0 unspecified atom stereocenters. The molecular formula is C25H34N4O6S2. The number of carbonyl (C=O) groups excluding carboxylic acids is 3. The third-order valence-corrected chi connectivity index (χ3v) is 9.33. The molecule has 0 spiro atoms. The molecule has 2 heterocycles. The molecule has 0 aliphatic carbocycles. The highest BCUT2D eigenvalue weighted by molar-refractivity contribution is 7.89. The Morgan fingerprint density at radius 2 is 1.84 bits per heavy atom. The number of nitrogens with zero attached hydrogens (tertiary/aromatic N) is 2. The van der Waals surface area contributed by atoms with E-state index in [1.54, 1.807) is 0 Å². The van der Waals surface area contributed by atoms with E-state index >= 15 is 0 Å². The minimum atomic E-state index is -3.66. The third kappa shape index (κ3) is 6.56. The number of nitrogens with one attached hydrogen (secondary N) is 2. The van der Waals surface area contributed by atoms with Crippen molar-refractivity contribution in [3.63, 3.8) is 0 Å². The molecule has 0 saturated heterocycles. The summed E-state index contributed by atoms with van der Waals surface area (Å²) in [5, 5.41) is 5.32. The average Bonchev–Trinajstić information content (AvgIpc) is 3.23. The maximum atomic E-state index is 13.1. The molecule has 1 aliphatic heterocycles. The van der Waals surface area contributed by atoms with Gasteiger partial charge >= 0.3 is 6.09 Å². The lowest BCUT2D eigenvalue weighted by molar-refractivity contribution is 0.0936. The van der Waals surface area contributed by atoms with Crippen molar-refractivity contribution in [2.75, 3.05) is 32.6 Å². The molecule has 2 aromatic rings. The Morgan fingerprint density at radius 3 is 2.43 bits per heavy atom. The number of ether oxygens (including phenoxy) is 1. The summed E-state index contributed by atoms with van der Waals surface area (Å²) in [6, 6.07) is 6.00. The van der Waals surface area contributed by atoms with Gasteiger partial charge in [0, 0.05) is 43.2 Å². The van der Waals surface area contributed by atoms with Gasteiger partial charge in [0.15, 0.2) is 0 Å². The third-order valence-electron chi connectivity index (χ3n) is 6.32. The fourth-order valence-electron chi connectivity index (χ4n) is 4.03. The van der Waals surface area contributed by atoms with Crippen LogP contribution in [0.4, 0.5) is 9.80 Å². The predicted octanol–water partition coefficient (Wildman–Crippen LogP) is 3.68. The van der Waals surface area contributed by atoms with Crippen molar-refractivity contribution in [3.8, 4) is 0 Å². The summed E-state index contributed by atoms with van der Waals surface area (Å²) in [5.74, 6) is -1.14. The fraction of sp³-hybridized carbons (Fsp3) is 0.480. The molecule has 3 amide bonds. The number of hydrogen-bond donors (Lipinski definition) is 2. The smallest absolute Gasteiger partial charge is 0.413 e. The molecular weight excluding hydrogens is 516 g/mol. The van der Waals surface area contributed by atoms with Gasteiger partial charge in [-0.05, 0) is 56.5 Å². The minimum Gasteiger partial charge on any atom is -0.453 e. The van der Waals surface area contributed by atoms with Gasteiger partial charge in [0.2, 0.25) is 10.0 Å². The summed E-state index contributed by atoms with van der Waals surface area (Å²) in [6.07, 6.45) is 1.34. The summed E-state index contributed by atoms with van der Waals surface area (Å²) in [5.41, 5.74) is 1.29. The van der Waals surface area contributed by atoms with Crippen molar-refractivity contribution in [1.82, 2.24) is 14.5 Å². The molecule has 0 radical (unpaired) electrons. The Hall–Kier alpha value is -2.80. The van der Waals surface area contributed by atoms with Gasteiger partial charge in [-0.2, -0.15) is 0 Å². The Morgan fingerprint density at radius 1 is 1.16 bits per heavy atom. The number of benzene rings is 1. The number of rotatable bonds is 9. The van der Waals surface area contributed by atoms with Gasteiger partial charge in [-0.15, -0.1) is 11.3 Å². The fourth-order valence-corrected chi connectivity index (χ4v) is 6.51. The number of amides is 3. The molecule has 1 aromatic heterocycles. The molecule has 2 N–H and O–H groups in total. The number of anilines is 1. The van der Waals surface area contributed by atoms with E-state index in [4.69, 9.17) is 0 Å². The number of alkyl carbamates (subject to hydrolysis) is 1. The predicted molar refractivity (Wildman–Crippen MR) is 143 cm³/mol. The average molecular weight is 551 g/mol. The van der Waals surface area contributed by atoms with E-state index in [-0.39, 0.29) is 16.0 Å². The maximum Gasteiger partial charge on any atom is 0.413 e. The van der Waals surface area contributed by atoms with Gasteiger partial charge in [0.25, 0.3) is 11.8 Å². The van der Waals surface area contributed by atoms with Crippen LogP contribution in [0.25, 0.3) is 0 Å². The summed E-state index contributed by atoms with van der Waals surface area (Å²) < 4.78 is 31.4. The van der Waals surface area contributed by atoms with Crippen molar-refractivity contribution in [1.29, 1.82) is 0 Å². The van der Waals surface area contributed by atoms with Gasteiger partial charge in [-0.3, -0.25) is 19.8 Å². The number of fused-ring (bicyclic) bond motifs is 1. The van der Waals surface area contributed by atoms with Crippen LogP contribution in [0.15, 0.2) is 29.2 Å². The highest BCUT2D eigenvalue weighted by Crippen LogP contribution is 2.38. The summed E-state index contributed by atoms with van der Waals surface area (Å²) >= 11 is 1.30. The molecule has 3 rings (SSSR count). The van der Waals surface area contributed by atoms with Crippen LogP contribution in [0, 0.1) is 0 Å². The Kier molecular flexibility index (Phi) is 9.46. The lowest BCUT2D eigenvalue weighted by atomic mass is 10.0. The van der Waals surface area contributed by atoms with Crippen LogP contribution in [-0.2, 0) is 27.7 Å². The topological polar surface area (TPSA) is 125 Å². The first-order chi connectivity index (χ1) is 17.5. The van der Waals surface area contributed by atoms with E-state index in [0.717, 1.165) is 29.8 Å². The van der Waals surface area contributed by atoms with Crippen LogP contribution in [0.5, 0.6) is 0 Å². The van der Waals surface area contributed by atoms with E-state index in [2.05, 4.69) is 34.1 Å². The van der Waals surface area contributed by atoms with E-state index < -0.39 is 27.9 Å². The highest BCUT2D eigenvalue weighted by Gasteiger charge is 2.30. The standard InChI is InChI=1S/C25H34N4O6S2/c1-6-7-13-28(4)37(33,34)18-10-8-17(9-11-18)22(30)26-24-21(23(31)27-25(32)35-5)19-12-14-29(16(2)3)15-20(19)36-24/h8-11,16H,6-7,12-15H2,1-5H3,(H,26,30)(H,27,31,32). The van der Waals surface area contributed by atoms with Gasteiger partial charge in [0.1, 0.15) is 5.00 Å². The zero-order valence-corrected chi connectivity index (χ0v) is 23.4. The van der Waals surface area contributed by atoms with Crippen molar-refractivity contribution in [2.45, 2.75) is 57.5 Å². The molecule has 0 fully saturated rings. The second-order valence-corrected chi connectivity index (χ2v) is 12.3. The molecule has 12 heteroatoms. The van der Waals surface area contributed by atoms with Gasteiger partial charge < -0.3 is 10.1 Å². The Labute approximate surface area is 222 Å². The minimum absolute atomic E-state index is 0.0983. The molecule has 1 aliphatic rings. The first kappa shape index (κ1) is 28.8. The molecule has 10 nitrogen and oxygen atoms in total. The number of imide groups is 1. The second kappa shape index (κ2) is 12.2. The van der Waals surface area contributed by atoms with Crippen molar-refractivity contribution < 1.29 is 27.5 Å². The van der Waals surface area contributed by atoms with E-state index in [9.17, 15) is 22.8 Å². The lowest BCUT2D eigenvalue weighted by Gasteiger charge is -2.30. The molecule has 0 bridgehead atoms. The number of sulfonamides is 1. The van der Waals surface area contributed by atoms with Crippen LogP contribution < -0.4 is 10.6 Å². The normalized spacial score (nSPS) is 13.9. The van der Waals surface area contributed by atoms with Crippen LogP contribution in [0.2, 0.25) is 0 Å². The quantitative estimate of drug-likeness (QED) is 0.488. The van der Waals surface area contributed by atoms with Crippen molar-refractivity contribution in [2.24, 2.45) is 0 Å². The zero-order chi connectivity index (χ0) is 27.3. The monoisotopic (exact) mass is 550 g/mol. The van der Waals surface area contributed by atoms with E-state index in [1.165, 1.54) is 54.1 Å². The summed E-state index contributed by atoms with van der Waals surface area (Å²) in [7, 11) is -0.957. The van der Waals surface area contributed by atoms with Gasteiger partial charge in [-0.25, -0.2) is 17.5 Å². The van der Waals surface area contributed by atoms with E-state index in [1.807, 2.05) is 6.92 Å². The van der Waals surface area contributed by atoms with Gasteiger partial charge in [0.05, 0.1) is 17.6 Å². The number of methoxy groups -OCH3 is 1. The number of hydrogen-bond acceptors (Lipinski definition) is 8. The van der Waals surface area contributed by atoms with Crippen LogP contribution in [0.1, 0.15) is 64.8 Å². The van der Waals surface area contributed by atoms with Gasteiger partial charge in [-0.1, -0.05) is 13.3 Å². The molecule has 1 aromatic carbocycles. The largest absolute Gasteiger partial charge is 0.453 e. The SMILES string of the molecule is CCCCN(C)S(=O)(=O)c1ccc(C(=O)Nc2sc3c(c2C(=O)NC(=O)OC)CCN(C(C)C)C3)cc1. The first-order valence-electron chi connectivity index (χ1n) is 12.1.